The number of nitrogens with zero attached hydrogens (tertiary/aromatic N) is 3. The van der Waals surface area contributed by atoms with Gasteiger partial charge in [0.2, 0.25) is 0 Å². The third kappa shape index (κ3) is 4.14. The normalized spacial score (nSPS) is 12.6. The fraction of sp³-hybridized carbons (Fsp3) is 0.333. The Morgan fingerprint density at radius 1 is 1.18 bits per heavy atom. The van der Waals surface area contributed by atoms with E-state index in [0.717, 1.165) is 33.3 Å². The van der Waals surface area contributed by atoms with E-state index in [9.17, 15) is 9.66 Å². The van der Waals surface area contributed by atoms with Crippen LogP contribution in [0.4, 0.5) is 5.82 Å². The Labute approximate surface area is 168 Å². The van der Waals surface area contributed by atoms with Crippen molar-refractivity contribution in [2.45, 2.75) is 33.3 Å². The second-order valence-electron chi connectivity index (χ2n) is 7.32. The summed E-state index contributed by atoms with van der Waals surface area (Å²) in [5.74, 6) is 6.31. The molecule has 0 saturated heterocycles. The number of nitrogens with one attached hydrogen (secondary N) is 1. The Morgan fingerprint density at radius 2 is 1.86 bits per heavy atom. The standard InChI is InChI=1S/C21H24N4O2S/c1-13-7-9-17(19-18(13)20(23-25(19)5)24-28(6)27)16-10-8-15(22-14(16)2)11-12-21(3,4)26/h7-10,26H,1-6H3,(H,23,24). The molecular weight excluding hydrogens is 372 g/mol. The van der Waals surface area contributed by atoms with Crippen LogP contribution in [0.25, 0.3) is 22.0 Å². The molecule has 0 aliphatic carbocycles. The van der Waals surface area contributed by atoms with E-state index in [2.05, 4.69) is 32.7 Å². The van der Waals surface area contributed by atoms with Gasteiger partial charge in [-0.25, -0.2) is 4.98 Å². The molecule has 1 unspecified atom stereocenters. The number of hydrogen-bond donors (Lipinski definition) is 2. The quantitative estimate of drug-likeness (QED) is 0.525. The van der Waals surface area contributed by atoms with Gasteiger partial charge < -0.3 is 9.66 Å². The molecule has 146 valence electrons. The molecule has 3 aromatic rings. The van der Waals surface area contributed by atoms with E-state index in [1.807, 2.05) is 39.1 Å². The Balaban J connectivity index is 2.15. The van der Waals surface area contributed by atoms with Gasteiger partial charge in [0.25, 0.3) is 0 Å². The zero-order valence-corrected chi connectivity index (χ0v) is 17.7. The first kappa shape index (κ1) is 20.2. The summed E-state index contributed by atoms with van der Waals surface area (Å²) in [5, 5.41) is 15.2. The van der Waals surface area contributed by atoms with Crippen LogP contribution in [0.1, 0.15) is 30.8 Å². The summed E-state index contributed by atoms with van der Waals surface area (Å²) < 4.78 is 16.4. The van der Waals surface area contributed by atoms with Crippen LogP contribution in [-0.4, -0.2) is 36.3 Å². The third-order valence-corrected chi connectivity index (χ3v) is 4.79. The van der Waals surface area contributed by atoms with Crippen molar-refractivity contribution in [3.8, 4) is 23.0 Å². The number of aryl methyl sites for hydroxylation is 3. The average Bonchev–Trinajstić information content (AvgIpc) is 2.90. The molecular formula is C21H24N4O2S. The van der Waals surface area contributed by atoms with Crippen LogP contribution in [0.5, 0.6) is 0 Å². The molecule has 0 radical (unpaired) electrons. The lowest BCUT2D eigenvalue weighted by Crippen LogP contribution is -2.14. The van der Waals surface area contributed by atoms with E-state index in [1.165, 1.54) is 0 Å². The van der Waals surface area contributed by atoms with Crippen LogP contribution in [0, 0.1) is 25.7 Å². The third-order valence-electron chi connectivity index (χ3n) is 4.31. The molecule has 0 bridgehead atoms. The average molecular weight is 397 g/mol. The molecule has 0 aliphatic heterocycles. The fourth-order valence-electron chi connectivity index (χ4n) is 3.13. The molecule has 2 aromatic heterocycles. The SMILES string of the molecule is Cc1nc(C#CC(C)(C)O)ccc1-c1ccc(C)c2c(N[S+](C)[O-])nn(C)c12. The van der Waals surface area contributed by atoms with E-state index in [-0.39, 0.29) is 0 Å². The minimum Gasteiger partial charge on any atom is -0.593 e. The number of aromatic nitrogens is 3. The van der Waals surface area contributed by atoms with E-state index in [0.29, 0.717) is 11.5 Å². The van der Waals surface area contributed by atoms with Crippen molar-refractivity contribution in [2.75, 3.05) is 11.0 Å². The first-order valence-corrected chi connectivity index (χ1v) is 10.4. The van der Waals surface area contributed by atoms with Crippen LogP contribution >= 0.6 is 0 Å². The molecule has 0 aliphatic rings. The summed E-state index contributed by atoms with van der Waals surface area (Å²) in [6, 6.07) is 7.92. The number of hydrogen-bond acceptors (Lipinski definition) is 5. The molecule has 6 nitrogen and oxygen atoms in total. The summed E-state index contributed by atoms with van der Waals surface area (Å²) >= 11 is -1.21. The minimum atomic E-state index is -1.21. The largest absolute Gasteiger partial charge is 0.593 e. The summed E-state index contributed by atoms with van der Waals surface area (Å²) in [4.78, 5) is 4.59. The second-order valence-corrected chi connectivity index (χ2v) is 8.43. The molecule has 1 aromatic carbocycles. The van der Waals surface area contributed by atoms with Crippen molar-refractivity contribution in [3.63, 3.8) is 0 Å². The van der Waals surface area contributed by atoms with Crippen molar-refractivity contribution in [1.82, 2.24) is 14.8 Å². The van der Waals surface area contributed by atoms with Crippen molar-refractivity contribution in [2.24, 2.45) is 7.05 Å². The summed E-state index contributed by atoms with van der Waals surface area (Å²) in [6.45, 7) is 7.23. The highest BCUT2D eigenvalue weighted by molar-refractivity contribution is 7.92. The number of rotatable bonds is 3. The summed E-state index contributed by atoms with van der Waals surface area (Å²) in [7, 11) is 1.88. The van der Waals surface area contributed by atoms with Crippen LogP contribution in [0.3, 0.4) is 0 Å². The van der Waals surface area contributed by atoms with Gasteiger partial charge in [0.1, 0.15) is 17.6 Å². The van der Waals surface area contributed by atoms with E-state index >= 15 is 0 Å². The highest BCUT2D eigenvalue weighted by Crippen LogP contribution is 2.35. The fourth-order valence-corrected chi connectivity index (χ4v) is 3.55. The van der Waals surface area contributed by atoms with Gasteiger partial charge in [0.05, 0.1) is 22.3 Å². The molecule has 7 heteroatoms. The van der Waals surface area contributed by atoms with Crippen molar-refractivity contribution < 1.29 is 9.66 Å². The molecule has 0 fully saturated rings. The van der Waals surface area contributed by atoms with Gasteiger partial charge in [-0.2, -0.15) is 9.82 Å². The molecule has 0 saturated carbocycles. The highest BCUT2D eigenvalue weighted by Gasteiger charge is 2.19. The lowest BCUT2D eigenvalue weighted by Gasteiger charge is -2.11. The van der Waals surface area contributed by atoms with E-state index in [1.54, 1.807) is 24.8 Å². The lowest BCUT2D eigenvalue weighted by molar-refractivity contribution is 0.143. The van der Waals surface area contributed by atoms with Gasteiger partial charge >= 0.3 is 0 Å². The van der Waals surface area contributed by atoms with Crippen molar-refractivity contribution >= 4 is 28.1 Å². The summed E-state index contributed by atoms with van der Waals surface area (Å²) in [6.07, 6.45) is 1.58. The van der Waals surface area contributed by atoms with Crippen LogP contribution in [0.15, 0.2) is 24.3 Å². The van der Waals surface area contributed by atoms with Crippen molar-refractivity contribution in [1.29, 1.82) is 0 Å². The predicted molar refractivity (Wildman–Crippen MR) is 114 cm³/mol. The number of pyridine rings is 1. The van der Waals surface area contributed by atoms with E-state index < -0.39 is 17.0 Å². The number of anilines is 1. The van der Waals surface area contributed by atoms with Gasteiger partial charge in [0, 0.05) is 23.9 Å². The number of aliphatic hydroxyl groups is 1. The maximum Gasteiger partial charge on any atom is 0.199 e. The first-order valence-electron chi connectivity index (χ1n) is 8.87. The minimum absolute atomic E-state index is 0.607. The van der Waals surface area contributed by atoms with E-state index in [4.69, 9.17) is 0 Å². The molecule has 3 rings (SSSR count). The zero-order chi connectivity index (χ0) is 20.6. The molecule has 2 heterocycles. The van der Waals surface area contributed by atoms with Crippen LogP contribution < -0.4 is 4.72 Å². The smallest absolute Gasteiger partial charge is 0.199 e. The second kappa shape index (κ2) is 7.47. The van der Waals surface area contributed by atoms with Gasteiger partial charge in [-0.15, -0.1) is 0 Å². The predicted octanol–water partition coefficient (Wildman–Crippen LogP) is 3.08. The molecule has 28 heavy (non-hydrogen) atoms. The topological polar surface area (TPSA) is 86.0 Å². The van der Waals surface area contributed by atoms with Gasteiger partial charge in [-0.1, -0.05) is 18.1 Å². The first-order chi connectivity index (χ1) is 13.1. The van der Waals surface area contributed by atoms with Gasteiger partial charge in [-0.05, 0) is 51.3 Å². The van der Waals surface area contributed by atoms with Gasteiger partial charge in [-0.3, -0.25) is 4.68 Å². The molecule has 2 N–H and O–H groups in total. The van der Waals surface area contributed by atoms with Crippen molar-refractivity contribution in [3.05, 3.63) is 41.2 Å². The zero-order valence-electron chi connectivity index (χ0n) is 16.9. The maximum atomic E-state index is 11.7. The van der Waals surface area contributed by atoms with Crippen LogP contribution in [0.2, 0.25) is 0 Å². The van der Waals surface area contributed by atoms with Crippen LogP contribution in [-0.2, 0) is 18.4 Å². The maximum absolute atomic E-state index is 11.7. The Kier molecular flexibility index (Phi) is 5.39. The number of benzene rings is 1. The molecule has 0 amide bonds. The highest BCUT2D eigenvalue weighted by atomic mass is 32.2. The number of fused-ring (bicyclic) bond motifs is 1. The Bertz CT molecular complexity index is 1100. The monoisotopic (exact) mass is 396 g/mol. The lowest BCUT2D eigenvalue weighted by atomic mass is 9.98. The summed E-state index contributed by atoms with van der Waals surface area (Å²) in [5.41, 5.74) is 4.37. The molecule has 0 spiro atoms. The molecule has 1 atom stereocenters. The van der Waals surface area contributed by atoms with Gasteiger partial charge in [0.15, 0.2) is 5.82 Å². The Morgan fingerprint density at radius 3 is 2.46 bits per heavy atom. The Hall–Kier alpha value is -2.53.